The lowest BCUT2D eigenvalue weighted by Gasteiger charge is -2.08. The van der Waals surface area contributed by atoms with E-state index in [1.807, 2.05) is 0 Å². The van der Waals surface area contributed by atoms with Crippen LogP contribution in [0.2, 0.25) is 0 Å². The summed E-state index contributed by atoms with van der Waals surface area (Å²) in [4.78, 5) is 15.5. The Balaban J connectivity index is 2.03. The second kappa shape index (κ2) is 5.59. The lowest BCUT2D eigenvalue weighted by Crippen LogP contribution is -2.19. The molecule has 2 N–H and O–H groups in total. The van der Waals surface area contributed by atoms with Gasteiger partial charge in [0.2, 0.25) is 0 Å². The summed E-state index contributed by atoms with van der Waals surface area (Å²) >= 11 is 3.26. The van der Waals surface area contributed by atoms with E-state index >= 15 is 0 Å². The Labute approximate surface area is 111 Å². The van der Waals surface area contributed by atoms with Gasteiger partial charge in [0.1, 0.15) is 5.82 Å². The maximum Gasteiger partial charge on any atom is 0.323 e. The number of benzene rings is 1. The van der Waals surface area contributed by atoms with Crippen molar-refractivity contribution in [2.45, 2.75) is 0 Å². The van der Waals surface area contributed by atoms with E-state index in [2.05, 4.69) is 31.5 Å². The van der Waals surface area contributed by atoms with Gasteiger partial charge in [-0.2, -0.15) is 0 Å². The van der Waals surface area contributed by atoms with Crippen molar-refractivity contribution >= 4 is 33.3 Å². The molecule has 92 valence electrons. The van der Waals surface area contributed by atoms with Crippen molar-refractivity contribution in [1.29, 1.82) is 0 Å². The van der Waals surface area contributed by atoms with Crippen molar-refractivity contribution < 1.29 is 9.18 Å². The van der Waals surface area contributed by atoms with Gasteiger partial charge >= 0.3 is 6.03 Å². The van der Waals surface area contributed by atoms with Crippen molar-refractivity contribution in [3.63, 3.8) is 0 Å². The molecule has 0 aliphatic rings. The van der Waals surface area contributed by atoms with Crippen LogP contribution in [0.15, 0.2) is 47.2 Å². The Morgan fingerprint density at radius 3 is 2.83 bits per heavy atom. The molecule has 2 amide bonds. The first-order valence-corrected chi connectivity index (χ1v) is 5.87. The number of pyridine rings is 1. The minimum atomic E-state index is -0.451. The second-order valence-corrected chi connectivity index (χ2v) is 4.30. The molecule has 0 bridgehead atoms. The Kier molecular flexibility index (Phi) is 3.88. The largest absolute Gasteiger partial charge is 0.323 e. The smallest absolute Gasteiger partial charge is 0.308 e. The van der Waals surface area contributed by atoms with Crippen LogP contribution in [0.3, 0.4) is 0 Å². The fraction of sp³-hybridized carbons (Fsp3) is 0. The van der Waals surface area contributed by atoms with Gasteiger partial charge in [-0.05, 0) is 40.2 Å². The average molecular weight is 310 g/mol. The molecule has 2 aromatic rings. The molecule has 1 heterocycles. The number of halogens is 2. The van der Waals surface area contributed by atoms with Crippen LogP contribution >= 0.6 is 15.9 Å². The number of rotatable bonds is 2. The number of nitrogens with zero attached hydrogens (tertiary/aromatic N) is 1. The highest BCUT2D eigenvalue weighted by Crippen LogP contribution is 2.20. The van der Waals surface area contributed by atoms with Crippen LogP contribution in [-0.2, 0) is 0 Å². The first kappa shape index (κ1) is 12.5. The van der Waals surface area contributed by atoms with E-state index in [1.54, 1.807) is 24.5 Å². The third kappa shape index (κ3) is 3.27. The maximum absolute atomic E-state index is 12.9. The number of anilines is 2. The summed E-state index contributed by atoms with van der Waals surface area (Å²) < 4.78 is 13.6. The molecular weight excluding hydrogens is 301 g/mol. The molecule has 1 aromatic heterocycles. The molecule has 2 rings (SSSR count). The van der Waals surface area contributed by atoms with Crippen LogP contribution in [0.5, 0.6) is 0 Å². The van der Waals surface area contributed by atoms with Crippen LogP contribution in [0.4, 0.5) is 20.6 Å². The third-order valence-corrected chi connectivity index (χ3v) is 2.74. The van der Waals surface area contributed by atoms with Crippen molar-refractivity contribution in [1.82, 2.24) is 4.98 Å². The third-order valence-electron chi connectivity index (χ3n) is 2.10. The molecule has 0 saturated heterocycles. The molecule has 0 spiro atoms. The van der Waals surface area contributed by atoms with Gasteiger partial charge in [0.05, 0.1) is 10.2 Å². The predicted molar refractivity (Wildman–Crippen MR) is 71.0 cm³/mol. The zero-order valence-corrected chi connectivity index (χ0v) is 10.7. The van der Waals surface area contributed by atoms with Gasteiger partial charge < -0.3 is 10.6 Å². The molecule has 0 saturated carbocycles. The van der Waals surface area contributed by atoms with E-state index in [1.165, 1.54) is 18.2 Å². The summed E-state index contributed by atoms with van der Waals surface area (Å²) in [7, 11) is 0. The molecule has 18 heavy (non-hydrogen) atoms. The Morgan fingerprint density at radius 2 is 2.11 bits per heavy atom. The topological polar surface area (TPSA) is 54.0 Å². The zero-order chi connectivity index (χ0) is 13.0. The van der Waals surface area contributed by atoms with Crippen molar-refractivity contribution in [2.75, 3.05) is 10.6 Å². The van der Waals surface area contributed by atoms with E-state index in [0.717, 1.165) is 0 Å². The fourth-order valence-corrected chi connectivity index (χ4v) is 1.68. The molecule has 4 nitrogen and oxygen atoms in total. The highest BCUT2D eigenvalue weighted by Gasteiger charge is 2.05. The molecule has 6 heteroatoms. The summed E-state index contributed by atoms with van der Waals surface area (Å²) in [5.74, 6) is -0.405. The van der Waals surface area contributed by atoms with Crippen LogP contribution < -0.4 is 10.6 Å². The van der Waals surface area contributed by atoms with E-state index in [-0.39, 0.29) is 0 Å². The first-order valence-electron chi connectivity index (χ1n) is 5.08. The minimum Gasteiger partial charge on any atom is -0.308 e. The van der Waals surface area contributed by atoms with Crippen molar-refractivity contribution in [3.05, 3.63) is 53.0 Å². The predicted octanol–water partition coefficient (Wildman–Crippen LogP) is 3.63. The highest BCUT2D eigenvalue weighted by atomic mass is 79.9. The fourth-order valence-electron chi connectivity index (χ4n) is 1.33. The summed E-state index contributed by atoms with van der Waals surface area (Å²) in [6, 6.07) is 6.86. The number of aromatic nitrogens is 1. The highest BCUT2D eigenvalue weighted by molar-refractivity contribution is 9.10. The van der Waals surface area contributed by atoms with Gasteiger partial charge in [-0.1, -0.05) is 6.07 Å². The van der Waals surface area contributed by atoms with Crippen LogP contribution in [0.25, 0.3) is 0 Å². The first-order chi connectivity index (χ1) is 8.65. The van der Waals surface area contributed by atoms with Gasteiger partial charge in [-0.3, -0.25) is 4.98 Å². The molecule has 0 fully saturated rings. The molecular formula is C12H9BrFN3O. The number of urea groups is 1. The average Bonchev–Trinajstić information content (AvgIpc) is 2.32. The molecule has 0 aliphatic carbocycles. The molecule has 0 aliphatic heterocycles. The van der Waals surface area contributed by atoms with Crippen molar-refractivity contribution in [3.8, 4) is 0 Å². The Bertz CT molecular complexity index is 577. The summed E-state index contributed by atoms with van der Waals surface area (Å²) in [6.07, 6.45) is 3.13. The van der Waals surface area contributed by atoms with Crippen LogP contribution in [-0.4, -0.2) is 11.0 Å². The summed E-state index contributed by atoms with van der Waals surface area (Å²) in [6.45, 7) is 0. The molecule has 0 radical (unpaired) electrons. The number of carbonyl (C=O) groups is 1. The Morgan fingerprint density at radius 1 is 1.28 bits per heavy atom. The monoisotopic (exact) mass is 309 g/mol. The van der Waals surface area contributed by atoms with Gasteiger partial charge in [-0.25, -0.2) is 9.18 Å². The van der Waals surface area contributed by atoms with E-state index in [9.17, 15) is 9.18 Å². The van der Waals surface area contributed by atoms with Gasteiger partial charge in [0.25, 0.3) is 0 Å². The molecule has 0 unspecified atom stereocenters. The maximum atomic E-state index is 12.9. The number of nitrogens with one attached hydrogen (secondary N) is 2. The van der Waals surface area contributed by atoms with Crippen molar-refractivity contribution in [2.24, 2.45) is 0 Å². The van der Waals surface area contributed by atoms with Crippen LogP contribution in [0.1, 0.15) is 0 Å². The normalized spacial score (nSPS) is 9.89. The lowest BCUT2D eigenvalue weighted by molar-refractivity contribution is 0.262. The summed E-state index contributed by atoms with van der Waals surface area (Å²) in [5, 5.41) is 5.15. The Hall–Kier alpha value is -1.95. The lowest BCUT2D eigenvalue weighted by atomic mass is 10.3. The minimum absolute atomic E-state index is 0.387. The number of amides is 2. The molecule has 0 atom stereocenters. The number of carbonyl (C=O) groups excluding carboxylic acids is 1. The SMILES string of the molecule is O=C(Nc1cccc(F)c1)Nc1ccncc1Br. The summed E-state index contributed by atoms with van der Waals surface area (Å²) in [5.41, 5.74) is 0.969. The van der Waals surface area contributed by atoms with E-state index in [4.69, 9.17) is 0 Å². The zero-order valence-electron chi connectivity index (χ0n) is 9.15. The van der Waals surface area contributed by atoms with Gasteiger partial charge in [0, 0.05) is 18.1 Å². The van der Waals surface area contributed by atoms with Gasteiger partial charge in [-0.15, -0.1) is 0 Å². The second-order valence-electron chi connectivity index (χ2n) is 3.44. The quantitative estimate of drug-likeness (QED) is 0.890. The number of hydrogen-bond donors (Lipinski definition) is 2. The molecule has 1 aromatic carbocycles. The van der Waals surface area contributed by atoms with Crippen LogP contribution in [0, 0.1) is 5.82 Å². The standard InChI is InChI=1S/C12H9BrFN3O/c13-10-7-15-5-4-11(10)17-12(18)16-9-3-1-2-8(14)6-9/h1-7H,(H2,15,16,17,18). The van der Waals surface area contributed by atoms with Gasteiger partial charge in [0.15, 0.2) is 0 Å². The number of hydrogen-bond acceptors (Lipinski definition) is 2. The van der Waals surface area contributed by atoms with E-state index in [0.29, 0.717) is 15.8 Å². The van der Waals surface area contributed by atoms with E-state index < -0.39 is 11.8 Å².